The molecule has 0 aliphatic heterocycles. The van der Waals surface area contributed by atoms with Crippen LogP contribution < -0.4 is 5.32 Å². The van der Waals surface area contributed by atoms with Gasteiger partial charge in [0.1, 0.15) is 0 Å². The van der Waals surface area contributed by atoms with Crippen LogP contribution in [0.25, 0.3) is 0 Å². The molecule has 2 rings (SSSR count). The number of carbonyl (C=O) groups is 1. The Labute approximate surface area is 92.9 Å². The Hall–Kier alpha value is -2.17. The number of aryl methyl sites for hydroxylation is 1. The van der Waals surface area contributed by atoms with Crippen molar-refractivity contribution in [1.82, 2.24) is 20.5 Å². The number of hydrogen-bond acceptors (Lipinski definition) is 3. The molecule has 0 spiro atoms. The average Bonchev–Trinajstić information content (AvgIpc) is 2.79. The lowest BCUT2D eigenvalue weighted by atomic mass is 10.2. The number of nitrogens with one attached hydrogen (secondary N) is 2. The van der Waals surface area contributed by atoms with E-state index in [0.717, 1.165) is 11.4 Å². The quantitative estimate of drug-likeness (QED) is 0.805. The van der Waals surface area contributed by atoms with E-state index in [4.69, 9.17) is 0 Å². The normalized spacial score (nSPS) is 10.1. The zero-order valence-electron chi connectivity index (χ0n) is 8.90. The summed E-state index contributed by atoms with van der Waals surface area (Å²) in [5.74, 6) is -0.125. The molecule has 5 nitrogen and oxygen atoms in total. The lowest BCUT2D eigenvalue weighted by Gasteiger charge is -2.05. The number of H-pyrrole nitrogens is 1. The van der Waals surface area contributed by atoms with Crippen LogP contribution in [0.5, 0.6) is 0 Å². The number of hydrogen-bond donors (Lipinski definition) is 2. The van der Waals surface area contributed by atoms with Crippen LogP contribution in [0.1, 0.15) is 21.7 Å². The molecule has 82 valence electrons. The third kappa shape index (κ3) is 2.25. The maximum Gasteiger partial charge on any atom is 0.253 e. The third-order valence-corrected chi connectivity index (χ3v) is 2.25. The third-order valence-electron chi connectivity index (χ3n) is 2.25. The Morgan fingerprint density at radius 3 is 3.00 bits per heavy atom. The SMILES string of the molecule is Cc1ncccc1C(=O)NCc1ccn[nH]1. The predicted molar refractivity (Wildman–Crippen MR) is 58.7 cm³/mol. The van der Waals surface area contributed by atoms with E-state index in [0.29, 0.717) is 12.1 Å². The highest BCUT2D eigenvalue weighted by Crippen LogP contribution is 2.03. The number of carbonyl (C=O) groups excluding carboxylic acids is 1. The largest absolute Gasteiger partial charge is 0.346 e. The first kappa shape index (κ1) is 10.4. The van der Waals surface area contributed by atoms with Gasteiger partial charge in [0.05, 0.1) is 17.8 Å². The minimum atomic E-state index is -0.125. The highest BCUT2D eigenvalue weighted by molar-refractivity contribution is 5.95. The summed E-state index contributed by atoms with van der Waals surface area (Å²) < 4.78 is 0. The molecule has 0 saturated heterocycles. The number of pyridine rings is 1. The summed E-state index contributed by atoms with van der Waals surface area (Å²) in [5.41, 5.74) is 2.20. The topological polar surface area (TPSA) is 70.7 Å². The minimum Gasteiger partial charge on any atom is -0.346 e. The molecule has 0 saturated carbocycles. The van der Waals surface area contributed by atoms with Crippen molar-refractivity contribution in [1.29, 1.82) is 0 Å². The monoisotopic (exact) mass is 216 g/mol. The standard InChI is InChI=1S/C11H12N4O/c1-8-10(3-2-5-12-8)11(16)13-7-9-4-6-14-15-9/h2-6H,7H2,1H3,(H,13,16)(H,14,15). The highest BCUT2D eigenvalue weighted by Gasteiger charge is 2.08. The number of aromatic amines is 1. The molecule has 2 aromatic heterocycles. The van der Waals surface area contributed by atoms with Gasteiger partial charge in [0.25, 0.3) is 5.91 Å². The van der Waals surface area contributed by atoms with Crippen LogP contribution in [0.2, 0.25) is 0 Å². The molecule has 0 aliphatic carbocycles. The lowest BCUT2D eigenvalue weighted by molar-refractivity contribution is 0.0949. The molecule has 16 heavy (non-hydrogen) atoms. The van der Waals surface area contributed by atoms with E-state index < -0.39 is 0 Å². The second kappa shape index (κ2) is 4.57. The number of amides is 1. The molecule has 0 aliphatic rings. The first-order valence-electron chi connectivity index (χ1n) is 4.95. The van der Waals surface area contributed by atoms with Crippen LogP contribution in [0.4, 0.5) is 0 Å². The van der Waals surface area contributed by atoms with Gasteiger partial charge >= 0.3 is 0 Å². The smallest absolute Gasteiger partial charge is 0.253 e. The fourth-order valence-corrected chi connectivity index (χ4v) is 1.38. The zero-order chi connectivity index (χ0) is 11.4. The molecular weight excluding hydrogens is 204 g/mol. The Bertz CT molecular complexity index is 478. The summed E-state index contributed by atoms with van der Waals surface area (Å²) in [6.07, 6.45) is 3.32. The van der Waals surface area contributed by atoms with Crippen LogP contribution in [-0.2, 0) is 6.54 Å². The first-order chi connectivity index (χ1) is 7.77. The average molecular weight is 216 g/mol. The van der Waals surface area contributed by atoms with Crippen molar-refractivity contribution < 1.29 is 4.79 Å². The summed E-state index contributed by atoms with van der Waals surface area (Å²) in [7, 11) is 0. The Morgan fingerprint density at radius 2 is 2.31 bits per heavy atom. The molecule has 1 amide bonds. The van der Waals surface area contributed by atoms with Crippen LogP contribution in [0.15, 0.2) is 30.6 Å². The second-order valence-corrected chi connectivity index (χ2v) is 3.40. The molecule has 0 radical (unpaired) electrons. The van der Waals surface area contributed by atoms with Gasteiger partial charge in [-0.05, 0) is 25.1 Å². The van der Waals surface area contributed by atoms with Crippen molar-refractivity contribution >= 4 is 5.91 Å². The molecular formula is C11H12N4O. The lowest BCUT2D eigenvalue weighted by Crippen LogP contribution is -2.24. The van der Waals surface area contributed by atoms with Gasteiger partial charge in [-0.1, -0.05) is 0 Å². The summed E-state index contributed by atoms with van der Waals surface area (Å²) in [6.45, 7) is 2.25. The molecule has 0 unspecified atom stereocenters. The van der Waals surface area contributed by atoms with E-state index in [-0.39, 0.29) is 5.91 Å². The van der Waals surface area contributed by atoms with Crippen molar-refractivity contribution in [3.05, 3.63) is 47.5 Å². The zero-order valence-corrected chi connectivity index (χ0v) is 8.90. The van der Waals surface area contributed by atoms with Gasteiger partial charge in [-0.3, -0.25) is 14.9 Å². The maximum atomic E-state index is 11.8. The molecule has 2 aromatic rings. The van der Waals surface area contributed by atoms with E-state index in [9.17, 15) is 4.79 Å². The van der Waals surface area contributed by atoms with E-state index in [1.807, 2.05) is 13.0 Å². The van der Waals surface area contributed by atoms with Gasteiger partial charge in [0, 0.05) is 18.1 Å². The number of rotatable bonds is 3. The molecule has 0 aromatic carbocycles. The Morgan fingerprint density at radius 1 is 1.44 bits per heavy atom. The minimum absolute atomic E-state index is 0.125. The predicted octanol–water partition coefficient (Wildman–Crippen LogP) is 1.04. The fraction of sp³-hybridized carbons (Fsp3) is 0.182. The van der Waals surface area contributed by atoms with Crippen molar-refractivity contribution in [2.75, 3.05) is 0 Å². The van der Waals surface area contributed by atoms with Crippen molar-refractivity contribution in [3.63, 3.8) is 0 Å². The van der Waals surface area contributed by atoms with Gasteiger partial charge in [0.2, 0.25) is 0 Å². The van der Waals surface area contributed by atoms with Crippen molar-refractivity contribution in [2.45, 2.75) is 13.5 Å². The van der Waals surface area contributed by atoms with Crippen LogP contribution >= 0.6 is 0 Å². The molecule has 2 heterocycles. The van der Waals surface area contributed by atoms with Gasteiger partial charge in [0.15, 0.2) is 0 Å². The van der Waals surface area contributed by atoms with E-state index in [1.54, 1.807) is 24.5 Å². The summed E-state index contributed by atoms with van der Waals surface area (Å²) >= 11 is 0. The summed E-state index contributed by atoms with van der Waals surface area (Å²) in [6, 6.07) is 5.32. The molecule has 0 atom stereocenters. The fourth-order valence-electron chi connectivity index (χ4n) is 1.38. The highest BCUT2D eigenvalue weighted by atomic mass is 16.1. The Kier molecular flexibility index (Phi) is 2.95. The first-order valence-corrected chi connectivity index (χ1v) is 4.95. The van der Waals surface area contributed by atoms with Crippen molar-refractivity contribution in [3.8, 4) is 0 Å². The molecule has 2 N–H and O–H groups in total. The van der Waals surface area contributed by atoms with E-state index in [1.165, 1.54) is 0 Å². The van der Waals surface area contributed by atoms with Gasteiger partial charge in [-0.15, -0.1) is 0 Å². The van der Waals surface area contributed by atoms with Gasteiger partial charge < -0.3 is 5.32 Å². The van der Waals surface area contributed by atoms with Crippen molar-refractivity contribution in [2.24, 2.45) is 0 Å². The number of aromatic nitrogens is 3. The van der Waals surface area contributed by atoms with Crippen LogP contribution in [0.3, 0.4) is 0 Å². The second-order valence-electron chi connectivity index (χ2n) is 3.40. The molecule has 0 fully saturated rings. The Balaban J connectivity index is 2.01. The molecule has 5 heteroatoms. The van der Waals surface area contributed by atoms with Crippen LogP contribution in [-0.4, -0.2) is 21.1 Å². The molecule has 0 bridgehead atoms. The van der Waals surface area contributed by atoms with E-state index >= 15 is 0 Å². The van der Waals surface area contributed by atoms with Crippen LogP contribution in [0, 0.1) is 6.92 Å². The number of nitrogens with zero attached hydrogens (tertiary/aromatic N) is 2. The van der Waals surface area contributed by atoms with Gasteiger partial charge in [-0.2, -0.15) is 5.10 Å². The summed E-state index contributed by atoms with van der Waals surface area (Å²) in [4.78, 5) is 15.8. The van der Waals surface area contributed by atoms with E-state index in [2.05, 4.69) is 20.5 Å². The van der Waals surface area contributed by atoms with Gasteiger partial charge in [-0.25, -0.2) is 0 Å². The maximum absolute atomic E-state index is 11.8. The summed E-state index contributed by atoms with van der Waals surface area (Å²) in [5, 5.41) is 9.37.